The number of hydrogen-bond acceptors (Lipinski definition) is 6. The van der Waals surface area contributed by atoms with E-state index in [0.29, 0.717) is 26.3 Å². The molecular weight excluding hydrogens is 446 g/mol. The molecule has 1 fully saturated rings. The minimum absolute atomic E-state index is 0.0257. The predicted molar refractivity (Wildman–Crippen MR) is 132 cm³/mol. The van der Waals surface area contributed by atoms with Gasteiger partial charge in [0.05, 0.1) is 18.2 Å². The highest BCUT2D eigenvalue weighted by molar-refractivity contribution is 5.89. The van der Waals surface area contributed by atoms with E-state index in [4.69, 9.17) is 9.47 Å². The van der Waals surface area contributed by atoms with Crippen LogP contribution in [-0.4, -0.2) is 71.2 Å². The molecule has 0 spiro atoms. The first-order valence-corrected chi connectivity index (χ1v) is 12.2. The van der Waals surface area contributed by atoms with Gasteiger partial charge in [-0.25, -0.2) is 4.68 Å². The zero-order valence-corrected chi connectivity index (χ0v) is 20.4. The van der Waals surface area contributed by atoms with E-state index in [0.717, 1.165) is 35.9 Å². The van der Waals surface area contributed by atoms with Crippen molar-refractivity contribution >= 4 is 22.8 Å². The molecule has 1 aliphatic heterocycles. The molecule has 0 saturated carbocycles. The molecule has 2 heterocycles. The van der Waals surface area contributed by atoms with E-state index in [2.05, 4.69) is 22.6 Å². The summed E-state index contributed by atoms with van der Waals surface area (Å²) in [7, 11) is 1.59. The average Bonchev–Trinajstić information content (AvgIpc) is 3.54. The molecule has 1 aliphatic rings. The molecule has 9 nitrogen and oxygen atoms in total. The summed E-state index contributed by atoms with van der Waals surface area (Å²) in [5.74, 6) is -0.469. The van der Waals surface area contributed by atoms with Gasteiger partial charge in [-0.05, 0) is 42.5 Å². The number of fused-ring (bicyclic) bond motifs is 1. The molecule has 2 aromatic carbocycles. The number of aromatic nitrogens is 3. The Bertz CT molecular complexity index is 1120. The topological polar surface area (TPSA) is 98.6 Å². The number of methoxy groups -OCH3 is 1. The number of aryl methyl sites for hydroxylation is 1. The fourth-order valence-electron chi connectivity index (χ4n) is 4.39. The van der Waals surface area contributed by atoms with Crippen molar-refractivity contribution in [3.63, 3.8) is 0 Å². The van der Waals surface area contributed by atoms with Crippen LogP contribution in [0.15, 0.2) is 48.5 Å². The Morgan fingerprint density at radius 1 is 1.23 bits per heavy atom. The molecule has 3 aromatic rings. The highest BCUT2D eigenvalue weighted by Gasteiger charge is 2.34. The lowest BCUT2D eigenvalue weighted by Crippen LogP contribution is -2.48. The summed E-state index contributed by atoms with van der Waals surface area (Å²) in [4.78, 5) is 28.9. The Hall–Kier alpha value is -3.30. The third-order valence-electron chi connectivity index (χ3n) is 6.32. The quantitative estimate of drug-likeness (QED) is 0.425. The number of rotatable bonds is 11. The molecule has 2 amide bonds. The summed E-state index contributed by atoms with van der Waals surface area (Å²) in [6, 6.07) is 14.6. The van der Waals surface area contributed by atoms with E-state index in [-0.39, 0.29) is 24.5 Å². The summed E-state index contributed by atoms with van der Waals surface area (Å²) in [6.45, 7) is 3.79. The maximum Gasteiger partial charge on any atom is 0.247 e. The minimum atomic E-state index is -0.802. The van der Waals surface area contributed by atoms with Crippen molar-refractivity contribution < 1.29 is 19.1 Å². The van der Waals surface area contributed by atoms with Gasteiger partial charge in [0.2, 0.25) is 11.8 Å². The second-order valence-corrected chi connectivity index (χ2v) is 8.70. The van der Waals surface area contributed by atoms with E-state index < -0.39 is 6.04 Å². The second-order valence-electron chi connectivity index (χ2n) is 8.70. The fourth-order valence-corrected chi connectivity index (χ4v) is 4.39. The van der Waals surface area contributed by atoms with Gasteiger partial charge >= 0.3 is 0 Å². The molecule has 1 N–H and O–H groups in total. The van der Waals surface area contributed by atoms with Crippen LogP contribution in [-0.2, 0) is 32.0 Å². The van der Waals surface area contributed by atoms with Crippen molar-refractivity contribution in [3.05, 3.63) is 59.7 Å². The number of benzene rings is 2. The molecule has 0 unspecified atom stereocenters. The van der Waals surface area contributed by atoms with Gasteiger partial charge in [-0.2, -0.15) is 0 Å². The van der Waals surface area contributed by atoms with Crippen LogP contribution in [0.25, 0.3) is 11.0 Å². The maximum atomic E-state index is 13.8. The lowest BCUT2D eigenvalue weighted by molar-refractivity contribution is -0.143. The summed E-state index contributed by atoms with van der Waals surface area (Å²) in [5.41, 5.74) is 3.41. The SMILES string of the molecule is CCc1ccc([C@@H](C(=O)NCCOC)N(C[C@H]2CCCO2)C(=O)Cn2nnc3ccccc32)cc1. The standard InChI is InChI=1S/C26H33N5O4/c1-3-19-10-12-20(13-11-19)25(26(33)27-14-16-34-2)30(17-21-7-6-15-35-21)24(32)18-31-23-9-5-4-8-22(23)28-29-31/h4-5,8-13,21,25H,3,6-7,14-18H2,1-2H3,(H,27,33)/t21-,25+/m1/s1. The van der Waals surface area contributed by atoms with E-state index in [1.807, 2.05) is 48.5 Å². The molecule has 1 saturated heterocycles. The summed E-state index contributed by atoms with van der Waals surface area (Å²) in [6.07, 6.45) is 2.57. The predicted octanol–water partition coefficient (Wildman–Crippen LogP) is 2.51. The number of nitrogens with one attached hydrogen (secondary N) is 1. The Kier molecular flexibility index (Phi) is 8.44. The van der Waals surface area contributed by atoms with Crippen molar-refractivity contribution in [1.82, 2.24) is 25.2 Å². The zero-order chi connectivity index (χ0) is 24.6. The van der Waals surface area contributed by atoms with Gasteiger partial charge in [-0.1, -0.05) is 48.5 Å². The van der Waals surface area contributed by atoms with E-state index in [9.17, 15) is 9.59 Å². The van der Waals surface area contributed by atoms with Gasteiger partial charge in [0.15, 0.2) is 0 Å². The van der Waals surface area contributed by atoms with Crippen LogP contribution in [0.2, 0.25) is 0 Å². The Balaban J connectivity index is 1.66. The highest BCUT2D eigenvalue weighted by atomic mass is 16.5. The first-order valence-electron chi connectivity index (χ1n) is 12.2. The van der Waals surface area contributed by atoms with Crippen LogP contribution in [0.5, 0.6) is 0 Å². The van der Waals surface area contributed by atoms with E-state index in [1.54, 1.807) is 16.7 Å². The largest absolute Gasteiger partial charge is 0.383 e. The van der Waals surface area contributed by atoms with Crippen LogP contribution in [0.1, 0.15) is 36.9 Å². The van der Waals surface area contributed by atoms with Crippen molar-refractivity contribution in [2.45, 2.75) is 44.9 Å². The first-order chi connectivity index (χ1) is 17.1. The molecule has 0 bridgehead atoms. The fraction of sp³-hybridized carbons (Fsp3) is 0.462. The molecule has 0 aliphatic carbocycles. The summed E-state index contributed by atoms with van der Waals surface area (Å²) >= 11 is 0. The number of carbonyl (C=O) groups is 2. The van der Waals surface area contributed by atoms with Gasteiger partial charge in [0.1, 0.15) is 18.1 Å². The van der Waals surface area contributed by atoms with Gasteiger partial charge in [0, 0.05) is 26.8 Å². The van der Waals surface area contributed by atoms with E-state index >= 15 is 0 Å². The van der Waals surface area contributed by atoms with Crippen molar-refractivity contribution in [3.8, 4) is 0 Å². The Morgan fingerprint density at radius 3 is 2.74 bits per heavy atom. The lowest BCUT2D eigenvalue weighted by atomic mass is 10.0. The molecule has 186 valence electrons. The zero-order valence-electron chi connectivity index (χ0n) is 20.4. The lowest BCUT2D eigenvalue weighted by Gasteiger charge is -2.33. The van der Waals surface area contributed by atoms with Crippen molar-refractivity contribution in [1.29, 1.82) is 0 Å². The molecule has 9 heteroatoms. The van der Waals surface area contributed by atoms with Crippen molar-refractivity contribution in [2.24, 2.45) is 0 Å². The van der Waals surface area contributed by atoms with Crippen LogP contribution >= 0.6 is 0 Å². The van der Waals surface area contributed by atoms with Gasteiger partial charge < -0.3 is 19.7 Å². The number of amides is 2. The van der Waals surface area contributed by atoms with Gasteiger partial charge in [-0.3, -0.25) is 9.59 Å². The third kappa shape index (κ3) is 6.04. The summed E-state index contributed by atoms with van der Waals surface area (Å²) in [5, 5.41) is 11.3. The van der Waals surface area contributed by atoms with Crippen LogP contribution in [0, 0.1) is 0 Å². The smallest absolute Gasteiger partial charge is 0.247 e. The number of nitrogens with zero attached hydrogens (tertiary/aromatic N) is 4. The maximum absolute atomic E-state index is 13.8. The van der Waals surface area contributed by atoms with Crippen LogP contribution < -0.4 is 5.32 Å². The summed E-state index contributed by atoms with van der Waals surface area (Å²) < 4.78 is 12.5. The first kappa shape index (κ1) is 24.8. The number of ether oxygens (including phenoxy) is 2. The molecule has 2 atom stereocenters. The van der Waals surface area contributed by atoms with Crippen LogP contribution in [0.3, 0.4) is 0 Å². The molecule has 35 heavy (non-hydrogen) atoms. The third-order valence-corrected chi connectivity index (χ3v) is 6.32. The number of carbonyl (C=O) groups excluding carboxylic acids is 2. The molecular formula is C26H33N5O4. The Morgan fingerprint density at radius 2 is 2.03 bits per heavy atom. The minimum Gasteiger partial charge on any atom is -0.383 e. The monoisotopic (exact) mass is 479 g/mol. The number of hydrogen-bond donors (Lipinski definition) is 1. The molecule has 4 rings (SSSR count). The highest BCUT2D eigenvalue weighted by Crippen LogP contribution is 2.26. The van der Waals surface area contributed by atoms with E-state index in [1.165, 1.54) is 5.56 Å². The Labute approximate surface area is 205 Å². The normalized spacial score (nSPS) is 16.3. The van der Waals surface area contributed by atoms with Crippen LogP contribution in [0.4, 0.5) is 0 Å². The second kappa shape index (κ2) is 11.9. The van der Waals surface area contributed by atoms with Crippen molar-refractivity contribution in [2.75, 3.05) is 33.4 Å². The average molecular weight is 480 g/mol. The van der Waals surface area contributed by atoms with Gasteiger partial charge in [0.25, 0.3) is 0 Å². The molecule has 1 aromatic heterocycles. The molecule has 0 radical (unpaired) electrons. The van der Waals surface area contributed by atoms with Gasteiger partial charge in [-0.15, -0.1) is 5.10 Å². The number of para-hydroxylation sites is 1.